The monoisotopic (exact) mass is 231 g/mol. The summed E-state index contributed by atoms with van der Waals surface area (Å²) < 4.78 is 0. The van der Waals surface area contributed by atoms with Crippen LogP contribution in [-0.2, 0) is 0 Å². The molecule has 1 aliphatic rings. The molecule has 0 radical (unpaired) electrons. The summed E-state index contributed by atoms with van der Waals surface area (Å²) in [6, 6.07) is 4.63. The Balaban J connectivity index is 2.04. The van der Waals surface area contributed by atoms with Gasteiger partial charge in [0, 0.05) is 19.1 Å². The summed E-state index contributed by atoms with van der Waals surface area (Å²) >= 11 is 0. The fraction of sp³-hybridized carbons (Fsp3) is 0.500. The van der Waals surface area contributed by atoms with Crippen LogP contribution in [0.15, 0.2) is 30.5 Å². The SMILES string of the molecule is CCNC(C)c1ccc(N2CC=CCC2)cn1. The van der Waals surface area contributed by atoms with Crippen molar-refractivity contribution in [3.8, 4) is 0 Å². The molecule has 2 rings (SSSR count). The third-order valence-corrected chi connectivity index (χ3v) is 3.15. The van der Waals surface area contributed by atoms with Gasteiger partial charge in [0.1, 0.15) is 0 Å². The zero-order valence-electron chi connectivity index (χ0n) is 10.7. The zero-order valence-corrected chi connectivity index (χ0v) is 10.7. The van der Waals surface area contributed by atoms with Gasteiger partial charge in [0.2, 0.25) is 0 Å². The predicted molar refractivity (Wildman–Crippen MR) is 72.3 cm³/mol. The summed E-state index contributed by atoms with van der Waals surface area (Å²) in [4.78, 5) is 6.90. The highest BCUT2D eigenvalue weighted by molar-refractivity contribution is 5.46. The summed E-state index contributed by atoms with van der Waals surface area (Å²) in [6.45, 7) is 7.34. The van der Waals surface area contributed by atoms with E-state index in [-0.39, 0.29) is 0 Å². The second-order valence-electron chi connectivity index (χ2n) is 4.43. The fourth-order valence-corrected chi connectivity index (χ4v) is 2.13. The van der Waals surface area contributed by atoms with Crippen LogP contribution < -0.4 is 10.2 Å². The molecule has 1 atom stereocenters. The molecule has 0 saturated carbocycles. The lowest BCUT2D eigenvalue weighted by atomic mass is 10.2. The first-order valence-electron chi connectivity index (χ1n) is 6.40. The van der Waals surface area contributed by atoms with Crippen LogP contribution in [0.2, 0.25) is 0 Å². The summed E-state index contributed by atoms with van der Waals surface area (Å²) in [5.74, 6) is 0. The summed E-state index contributed by atoms with van der Waals surface area (Å²) in [6.07, 6.45) is 7.59. The van der Waals surface area contributed by atoms with Gasteiger partial charge in [-0.15, -0.1) is 0 Å². The molecule has 1 N–H and O–H groups in total. The molecule has 1 aromatic rings. The quantitative estimate of drug-likeness (QED) is 0.807. The Morgan fingerprint density at radius 2 is 2.29 bits per heavy atom. The van der Waals surface area contributed by atoms with Crippen molar-refractivity contribution in [2.45, 2.75) is 26.3 Å². The van der Waals surface area contributed by atoms with Gasteiger partial charge in [0.25, 0.3) is 0 Å². The molecule has 3 nitrogen and oxygen atoms in total. The number of aromatic nitrogens is 1. The van der Waals surface area contributed by atoms with Crippen molar-refractivity contribution >= 4 is 5.69 Å². The van der Waals surface area contributed by atoms with Crippen molar-refractivity contribution in [3.05, 3.63) is 36.2 Å². The van der Waals surface area contributed by atoms with E-state index in [0.717, 1.165) is 31.7 Å². The molecule has 92 valence electrons. The number of hydrogen-bond acceptors (Lipinski definition) is 3. The Labute approximate surface area is 104 Å². The molecule has 2 heterocycles. The maximum atomic E-state index is 4.54. The van der Waals surface area contributed by atoms with Crippen molar-refractivity contribution < 1.29 is 0 Å². The molecule has 0 aliphatic carbocycles. The van der Waals surface area contributed by atoms with Gasteiger partial charge in [-0.25, -0.2) is 0 Å². The Kier molecular flexibility index (Phi) is 4.15. The van der Waals surface area contributed by atoms with E-state index in [1.807, 2.05) is 6.20 Å². The Morgan fingerprint density at radius 3 is 2.88 bits per heavy atom. The second-order valence-corrected chi connectivity index (χ2v) is 4.43. The highest BCUT2D eigenvalue weighted by Gasteiger charge is 2.09. The average molecular weight is 231 g/mol. The molecule has 3 heteroatoms. The van der Waals surface area contributed by atoms with Crippen LogP contribution in [0.3, 0.4) is 0 Å². The van der Waals surface area contributed by atoms with Crippen LogP contribution in [0.5, 0.6) is 0 Å². The van der Waals surface area contributed by atoms with Crippen LogP contribution in [0.4, 0.5) is 5.69 Å². The van der Waals surface area contributed by atoms with Crippen molar-refractivity contribution in [3.63, 3.8) is 0 Å². The van der Waals surface area contributed by atoms with Crippen molar-refractivity contribution in [2.75, 3.05) is 24.5 Å². The second kappa shape index (κ2) is 5.82. The fourth-order valence-electron chi connectivity index (χ4n) is 2.13. The molecule has 0 amide bonds. The van der Waals surface area contributed by atoms with Gasteiger partial charge in [0.15, 0.2) is 0 Å². The lowest BCUT2D eigenvalue weighted by Crippen LogP contribution is -2.27. The number of nitrogens with zero attached hydrogens (tertiary/aromatic N) is 2. The first-order chi connectivity index (χ1) is 8.31. The van der Waals surface area contributed by atoms with E-state index in [4.69, 9.17) is 0 Å². The molecule has 0 saturated heterocycles. The Morgan fingerprint density at radius 1 is 1.41 bits per heavy atom. The van der Waals surface area contributed by atoms with Crippen molar-refractivity contribution in [2.24, 2.45) is 0 Å². The van der Waals surface area contributed by atoms with E-state index in [0.29, 0.717) is 6.04 Å². The Bertz CT molecular complexity index is 370. The van der Waals surface area contributed by atoms with E-state index in [1.165, 1.54) is 5.69 Å². The third kappa shape index (κ3) is 3.07. The van der Waals surface area contributed by atoms with Crippen LogP contribution in [0.25, 0.3) is 0 Å². The van der Waals surface area contributed by atoms with Gasteiger partial charge in [0.05, 0.1) is 17.6 Å². The van der Waals surface area contributed by atoms with Gasteiger partial charge in [-0.3, -0.25) is 4.98 Å². The first-order valence-corrected chi connectivity index (χ1v) is 6.40. The molecule has 0 spiro atoms. The lowest BCUT2D eigenvalue weighted by molar-refractivity contribution is 0.583. The van der Waals surface area contributed by atoms with Crippen molar-refractivity contribution in [1.82, 2.24) is 10.3 Å². The molecule has 0 fully saturated rings. The summed E-state index contributed by atoms with van der Waals surface area (Å²) in [7, 11) is 0. The van der Waals surface area contributed by atoms with Crippen LogP contribution in [0, 0.1) is 0 Å². The van der Waals surface area contributed by atoms with Gasteiger partial charge in [-0.05, 0) is 32.0 Å². The van der Waals surface area contributed by atoms with Gasteiger partial charge in [-0.2, -0.15) is 0 Å². The standard InChI is InChI=1S/C14H21N3/c1-3-15-12(2)14-8-7-13(11-16-14)17-9-5-4-6-10-17/h4-5,7-8,11-12,15H,3,6,9-10H2,1-2H3. The summed E-state index contributed by atoms with van der Waals surface area (Å²) in [5.41, 5.74) is 2.34. The molecular formula is C14H21N3. The molecule has 0 aromatic carbocycles. The number of rotatable bonds is 4. The van der Waals surface area contributed by atoms with E-state index >= 15 is 0 Å². The number of anilines is 1. The predicted octanol–water partition coefficient (Wildman–Crippen LogP) is 2.52. The minimum Gasteiger partial charge on any atom is -0.366 e. The maximum absolute atomic E-state index is 4.54. The van der Waals surface area contributed by atoms with Crippen LogP contribution >= 0.6 is 0 Å². The highest BCUT2D eigenvalue weighted by Crippen LogP contribution is 2.18. The topological polar surface area (TPSA) is 28.2 Å². The van der Waals surface area contributed by atoms with Gasteiger partial charge in [-0.1, -0.05) is 19.1 Å². The zero-order chi connectivity index (χ0) is 12.1. The van der Waals surface area contributed by atoms with E-state index < -0.39 is 0 Å². The van der Waals surface area contributed by atoms with Crippen LogP contribution in [-0.4, -0.2) is 24.6 Å². The molecule has 1 unspecified atom stereocenters. The Hall–Kier alpha value is -1.35. The van der Waals surface area contributed by atoms with Gasteiger partial charge >= 0.3 is 0 Å². The van der Waals surface area contributed by atoms with Crippen LogP contribution in [0.1, 0.15) is 32.0 Å². The summed E-state index contributed by atoms with van der Waals surface area (Å²) in [5, 5.41) is 3.37. The third-order valence-electron chi connectivity index (χ3n) is 3.15. The highest BCUT2D eigenvalue weighted by atomic mass is 15.1. The normalized spacial score (nSPS) is 17.2. The van der Waals surface area contributed by atoms with E-state index in [2.05, 4.69) is 53.3 Å². The van der Waals surface area contributed by atoms with E-state index in [1.54, 1.807) is 0 Å². The molecule has 1 aliphatic heterocycles. The first kappa shape index (κ1) is 12.1. The molecule has 1 aromatic heterocycles. The minimum absolute atomic E-state index is 0.329. The van der Waals surface area contributed by atoms with Crippen molar-refractivity contribution in [1.29, 1.82) is 0 Å². The molecule has 17 heavy (non-hydrogen) atoms. The largest absolute Gasteiger partial charge is 0.366 e. The minimum atomic E-state index is 0.329. The lowest BCUT2D eigenvalue weighted by Gasteiger charge is -2.25. The number of hydrogen-bond donors (Lipinski definition) is 1. The average Bonchev–Trinajstić information content (AvgIpc) is 2.40. The molecule has 0 bridgehead atoms. The smallest absolute Gasteiger partial charge is 0.0572 e. The van der Waals surface area contributed by atoms with Gasteiger partial charge < -0.3 is 10.2 Å². The number of nitrogens with one attached hydrogen (secondary N) is 1. The maximum Gasteiger partial charge on any atom is 0.0572 e. The number of pyridine rings is 1. The van der Waals surface area contributed by atoms with E-state index in [9.17, 15) is 0 Å². The molecular weight excluding hydrogens is 210 g/mol.